The molecule has 0 aliphatic rings. The molecule has 0 radical (unpaired) electrons. The quantitative estimate of drug-likeness (QED) is 0.590. The van der Waals surface area contributed by atoms with Gasteiger partial charge in [-0.2, -0.15) is 5.26 Å². The highest BCUT2D eigenvalue weighted by molar-refractivity contribution is 5.70. The van der Waals surface area contributed by atoms with Crippen molar-refractivity contribution in [2.24, 2.45) is 5.92 Å². The first kappa shape index (κ1) is 11.0. The van der Waals surface area contributed by atoms with Gasteiger partial charge in [0.15, 0.2) is 0 Å². The lowest BCUT2D eigenvalue weighted by atomic mass is 10.0. The Bertz CT molecular complexity index is 172. The van der Waals surface area contributed by atoms with Crippen molar-refractivity contribution in [3.05, 3.63) is 0 Å². The van der Waals surface area contributed by atoms with Crippen LogP contribution >= 0.6 is 0 Å². The fourth-order valence-corrected chi connectivity index (χ4v) is 0.982. The Morgan fingerprint density at radius 1 is 1.58 bits per heavy atom. The van der Waals surface area contributed by atoms with E-state index in [1.807, 2.05) is 6.92 Å². The lowest BCUT2D eigenvalue weighted by Crippen LogP contribution is -2.10. The maximum absolute atomic E-state index is 10.9. The van der Waals surface area contributed by atoms with E-state index in [-0.39, 0.29) is 18.3 Å². The molecule has 1 atom stereocenters. The number of carbonyl (C=O) groups excluding carboxylic acids is 1. The van der Waals surface area contributed by atoms with Gasteiger partial charge in [0.1, 0.15) is 0 Å². The van der Waals surface area contributed by atoms with Crippen LogP contribution in [0.25, 0.3) is 0 Å². The van der Waals surface area contributed by atoms with Gasteiger partial charge in [0.2, 0.25) is 0 Å². The Kier molecular flexibility index (Phi) is 6.08. The minimum absolute atomic E-state index is 0.172. The zero-order valence-corrected chi connectivity index (χ0v) is 7.67. The Morgan fingerprint density at radius 2 is 2.25 bits per heavy atom. The van der Waals surface area contributed by atoms with E-state index in [9.17, 15) is 4.79 Å². The molecular weight excluding hydrogens is 154 g/mol. The summed E-state index contributed by atoms with van der Waals surface area (Å²) in [5.41, 5.74) is 0. The Balaban J connectivity index is 3.71. The minimum atomic E-state index is -0.266. The highest BCUT2D eigenvalue weighted by Crippen LogP contribution is 2.10. The molecule has 0 rings (SSSR count). The van der Waals surface area contributed by atoms with Gasteiger partial charge in [-0.15, -0.1) is 0 Å². The molecule has 0 aliphatic heterocycles. The van der Waals surface area contributed by atoms with Crippen LogP contribution in [0.3, 0.4) is 0 Å². The molecule has 68 valence electrons. The van der Waals surface area contributed by atoms with Crippen molar-refractivity contribution in [3.8, 4) is 6.07 Å². The highest BCUT2D eigenvalue weighted by atomic mass is 16.5. The summed E-state index contributed by atoms with van der Waals surface area (Å²) in [5, 5.41) is 8.62. The summed E-state index contributed by atoms with van der Waals surface area (Å²) in [5.74, 6) is -0.438. The third kappa shape index (κ3) is 4.73. The zero-order valence-electron chi connectivity index (χ0n) is 7.67. The van der Waals surface area contributed by atoms with Crippen LogP contribution in [-0.4, -0.2) is 12.6 Å². The molecule has 0 bridgehead atoms. The van der Waals surface area contributed by atoms with Gasteiger partial charge in [0.05, 0.1) is 25.0 Å². The van der Waals surface area contributed by atoms with E-state index in [2.05, 4.69) is 6.07 Å². The molecule has 0 heterocycles. The van der Waals surface area contributed by atoms with Crippen molar-refractivity contribution >= 4 is 5.97 Å². The number of nitrogens with zero attached hydrogens (tertiary/aromatic N) is 1. The lowest BCUT2D eigenvalue weighted by Gasteiger charge is -2.05. The molecule has 12 heavy (non-hydrogen) atoms. The lowest BCUT2D eigenvalue weighted by molar-refractivity contribution is -0.143. The van der Waals surface area contributed by atoms with Crippen molar-refractivity contribution in [2.75, 3.05) is 6.61 Å². The first-order chi connectivity index (χ1) is 5.74. The Labute approximate surface area is 73.3 Å². The molecule has 0 saturated heterocycles. The average molecular weight is 169 g/mol. The number of rotatable bonds is 5. The van der Waals surface area contributed by atoms with Crippen molar-refractivity contribution < 1.29 is 9.53 Å². The molecule has 0 unspecified atom stereocenters. The van der Waals surface area contributed by atoms with E-state index in [0.29, 0.717) is 6.61 Å². The Morgan fingerprint density at radius 3 is 2.67 bits per heavy atom. The number of ether oxygens (including phenoxy) is 1. The van der Waals surface area contributed by atoms with Crippen LogP contribution in [-0.2, 0) is 9.53 Å². The largest absolute Gasteiger partial charge is 0.466 e. The predicted molar refractivity (Wildman–Crippen MR) is 45.3 cm³/mol. The first-order valence-electron chi connectivity index (χ1n) is 4.29. The normalized spacial score (nSPS) is 11.8. The maximum Gasteiger partial charge on any atom is 0.307 e. The smallest absolute Gasteiger partial charge is 0.307 e. The summed E-state index contributed by atoms with van der Waals surface area (Å²) >= 11 is 0. The second kappa shape index (κ2) is 6.66. The van der Waals surface area contributed by atoms with Crippen LogP contribution in [0.5, 0.6) is 0 Å². The molecule has 0 saturated carbocycles. The minimum Gasteiger partial charge on any atom is -0.466 e. The van der Waals surface area contributed by atoms with Gasteiger partial charge in [0.25, 0.3) is 0 Å². The van der Waals surface area contributed by atoms with E-state index in [1.165, 1.54) is 0 Å². The fourth-order valence-electron chi connectivity index (χ4n) is 0.982. The van der Waals surface area contributed by atoms with E-state index >= 15 is 0 Å². The van der Waals surface area contributed by atoms with E-state index in [1.54, 1.807) is 6.92 Å². The summed E-state index contributed by atoms with van der Waals surface area (Å²) in [6.07, 6.45) is 1.94. The molecule has 0 aliphatic carbocycles. The topological polar surface area (TPSA) is 50.1 Å². The first-order valence-corrected chi connectivity index (χ1v) is 4.29. The van der Waals surface area contributed by atoms with Crippen molar-refractivity contribution in [1.29, 1.82) is 5.26 Å². The molecular formula is C9H15NO2. The second-order valence-electron chi connectivity index (χ2n) is 2.62. The zero-order chi connectivity index (χ0) is 9.40. The summed E-state index contributed by atoms with van der Waals surface area (Å²) in [7, 11) is 0. The molecule has 0 N–H and O–H groups in total. The van der Waals surface area contributed by atoms with Crippen LogP contribution < -0.4 is 0 Å². The van der Waals surface area contributed by atoms with E-state index in [4.69, 9.17) is 10.00 Å². The predicted octanol–water partition coefficient (Wildman–Crippen LogP) is 1.88. The maximum atomic E-state index is 10.9. The number of hydrogen-bond acceptors (Lipinski definition) is 3. The monoisotopic (exact) mass is 169 g/mol. The summed E-state index contributed by atoms with van der Waals surface area (Å²) < 4.78 is 4.73. The van der Waals surface area contributed by atoms with Crippen LogP contribution in [0.4, 0.5) is 0 Å². The number of nitriles is 1. The standard InChI is InChI=1S/C9H15NO2/c1-3-5-8(7-10)6-9(11)12-4-2/h8H,3-6H2,1-2H3/t8-/m0/s1. The summed E-state index contributed by atoms with van der Waals surface area (Å²) in [6.45, 7) is 4.15. The number of hydrogen-bond donors (Lipinski definition) is 0. The molecule has 0 fully saturated rings. The van der Waals surface area contributed by atoms with Gasteiger partial charge in [-0.1, -0.05) is 13.3 Å². The van der Waals surface area contributed by atoms with Crippen LogP contribution in [0.1, 0.15) is 33.1 Å². The molecule has 0 aromatic heterocycles. The molecule has 3 nitrogen and oxygen atoms in total. The highest BCUT2D eigenvalue weighted by Gasteiger charge is 2.12. The third-order valence-electron chi connectivity index (χ3n) is 1.54. The van der Waals surface area contributed by atoms with Gasteiger partial charge >= 0.3 is 5.97 Å². The molecule has 0 amide bonds. The number of carbonyl (C=O) groups is 1. The number of esters is 1. The molecule has 0 spiro atoms. The van der Waals surface area contributed by atoms with Crippen LogP contribution in [0.15, 0.2) is 0 Å². The summed E-state index contributed by atoms with van der Waals surface area (Å²) in [6, 6.07) is 2.09. The van der Waals surface area contributed by atoms with Crippen molar-refractivity contribution in [2.45, 2.75) is 33.1 Å². The molecule has 0 aromatic carbocycles. The van der Waals surface area contributed by atoms with Gasteiger partial charge in [-0.3, -0.25) is 4.79 Å². The van der Waals surface area contributed by atoms with Gasteiger partial charge in [0, 0.05) is 0 Å². The summed E-state index contributed by atoms with van der Waals surface area (Å²) in [4.78, 5) is 10.9. The van der Waals surface area contributed by atoms with E-state index < -0.39 is 0 Å². The third-order valence-corrected chi connectivity index (χ3v) is 1.54. The molecule has 3 heteroatoms. The SMILES string of the molecule is CCC[C@H](C#N)CC(=O)OCC. The molecule has 0 aromatic rings. The van der Waals surface area contributed by atoms with Crippen LogP contribution in [0, 0.1) is 17.2 Å². The second-order valence-corrected chi connectivity index (χ2v) is 2.62. The van der Waals surface area contributed by atoms with Gasteiger partial charge < -0.3 is 4.74 Å². The van der Waals surface area contributed by atoms with Crippen molar-refractivity contribution in [3.63, 3.8) is 0 Å². The van der Waals surface area contributed by atoms with E-state index in [0.717, 1.165) is 12.8 Å². The van der Waals surface area contributed by atoms with Crippen molar-refractivity contribution in [1.82, 2.24) is 0 Å². The van der Waals surface area contributed by atoms with Gasteiger partial charge in [-0.05, 0) is 13.3 Å². The Hall–Kier alpha value is -1.04. The van der Waals surface area contributed by atoms with Crippen LogP contribution in [0.2, 0.25) is 0 Å². The van der Waals surface area contributed by atoms with Gasteiger partial charge in [-0.25, -0.2) is 0 Å². The average Bonchev–Trinajstić information content (AvgIpc) is 2.04. The fraction of sp³-hybridized carbons (Fsp3) is 0.778.